The molecule has 2 N–H and O–H groups in total. The van der Waals surface area contributed by atoms with E-state index in [0.29, 0.717) is 6.04 Å². The lowest BCUT2D eigenvalue weighted by atomic mass is 10.2. The van der Waals surface area contributed by atoms with Gasteiger partial charge in [0.15, 0.2) is 0 Å². The molecule has 1 unspecified atom stereocenters. The Hall–Kier alpha value is -1.40. The van der Waals surface area contributed by atoms with Gasteiger partial charge in [0.1, 0.15) is 18.0 Å². The molecule has 1 aliphatic rings. The lowest BCUT2D eigenvalue weighted by Crippen LogP contribution is -2.52. The molecule has 1 aliphatic heterocycles. The maximum absolute atomic E-state index is 4.24. The van der Waals surface area contributed by atoms with E-state index in [9.17, 15) is 0 Å². The lowest BCUT2D eigenvalue weighted by molar-refractivity contribution is 0.209. The molecular formula is C12H22N6. The standard InChI is InChI=1S/C12H22N6/c1-17(2)12-6-11(15-9-16-12)14-8-10-7-13-4-5-18(10)3/h6,9-10,13H,4-5,7-8H2,1-3H3,(H,14,15,16). The number of piperazine rings is 1. The van der Waals surface area contributed by atoms with E-state index in [1.54, 1.807) is 6.33 Å². The van der Waals surface area contributed by atoms with Gasteiger partial charge in [-0.1, -0.05) is 0 Å². The van der Waals surface area contributed by atoms with Crippen LogP contribution in [0.25, 0.3) is 0 Å². The zero-order valence-corrected chi connectivity index (χ0v) is 11.3. The van der Waals surface area contributed by atoms with E-state index in [1.165, 1.54) is 0 Å². The van der Waals surface area contributed by atoms with Crippen LogP contribution in [0.5, 0.6) is 0 Å². The van der Waals surface area contributed by atoms with Gasteiger partial charge >= 0.3 is 0 Å². The third-order valence-electron chi connectivity index (χ3n) is 3.27. The summed E-state index contributed by atoms with van der Waals surface area (Å²) in [4.78, 5) is 12.8. The van der Waals surface area contributed by atoms with Crippen molar-refractivity contribution in [2.45, 2.75) is 6.04 Å². The van der Waals surface area contributed by atoms with Gasteiger partial charge < -0.3 is 15.5 Å². The second-order valence-electron chi connectivity index (χ2n) is 4.88. The minimum atomic E-state index is 0.511. The largest absolute Gasteiger partial charge is 0.368 e. The summed E-state index contributed by atoms with van der Waals surface area (Å²) < 4.78 is 0. The highest BCUT2D eigenvalue weighted by atomic mass is 15.2. The zero-order chi connectivity index (χ0) is 13.0. The van der Waals surface area contributed by atoms with Gasteiger partial charge in [0, 0.05) is 52.4 Å². The first-order valence-corrected chi connectivity index (χ1v) is 6.31. The fraction of sp³-hybridized carbons (Fsp3) is 0.667. The molecule has 1 saturated heterocycles. The lowest BCUT2D eigenvalue weighted by Gasteiger charge is -2.33. The molecular weight excluding hydrogens is 228 g/mol. The van der Waals surface area contributed by atoms with Crippen LogP contribution in [-0.4, -0.2) is 68.2 Å². The molecule has 100 valence electrons. The van der Waals surface area contributed by atoms with E-state index >= 15 is 0 Å². The molecule has 0 aliphatic carbocycles. The first-order valence-electron chi connectivity index (χ1n) is 6.31. The summed E-state index contributed by atoms with van der Waals surface area (Å²) in [6.45, 7) is 4.09. The summed E-state index contributed by atoms with van der Waals surface area (Å²) in [5.74, 6) is 1.80. The zero-order valence-electron chi connectivity index (χ0n) is 11.3. The van der Waals surface area contributed by atoms with Gasteiger partial charge in [-0.3, -0.25) is 4.90 Å². The summed E-state index contributed by atoms with van der Waals surface area (Å²) in [7, 11) is 6.12. The van der Waals surface area contributed by atoms with Gasteiger partial charge in [-0.15, -0.1) is 0 Å². The Balaban J connectivity index is 1.91. The second kappa shape index (κ2) is 5.97. The number of hydrogen-bond donors (Lipinski definition) is 2. The topological polar surface area (TPSA) is 56.3 Å². The molecule has 2 rings (SSSR count). The van der Waals surface area contributed by atoms with Crippen LogP contribution in [0.1, 0.15) is 0 Å². The van der Waals surface area contributed by atoms with E-state index in [0.717, 1.165) is 37.8 Å². The Morgan fingerprint density at radius 1 is 1.50 bits per heavy atom. The van der Waals surface area contributed by atoms with E-state index in [2.05, 4.69) is 32.5 Å². The van der Waals surface area contributed by atoms with Gasteiger partial charge in [-0.05, 0) is 7.05 Å². The van der Waals surface area contributed by atoms with E-state index in [1.807, 2.05) is 25.1 Å². The van der Waals surface area contributed by atoms with Crippen molar-refractivity contribution in [1.82, 2.24) is 20.2 Å². The molecule has 0 saturated carbocycles. The van der Waals surface area contributed by atoms with E-state index < -0.39 is 0 Å². The van der Waals surface area contributed by atoms with Gasteiger partial charge in [0.25, 0.3) is 0 Å². The first-order chi connectivity index (χ1) is 8.66. The van der Waals surface area contributed by atoms with Crippen molar-refractivity contribution in [3.8, 4) is 0 Å². The van der Waals surface area contributed by atoms with E-state index in [4.69, 9.17) is 0 Å². The van der Waals surface area contributed by atoms with Crippen LogP contribution in [0.2, 0.25) is 0 Å². The Labute approximate surface area is 108 Å². The number of hydrogen-bond acceptors (Lipinski definition) is 6. The summed E-state index contributed by atoms with van der Waals surface area (Å²) in [5, 5.41) is 6.79. The van der Waals surface area contributed by atoms with Crippen molar-refractivity contribution in [2.75, 3.05) is 57.5 Å². The smallest absolute Gasteiger partial charge is 0.133 e. The van der Waals surface area contributed by atoms with Gasteiger partial charge in [-0.2, -0.15) is 0 Å². The molecule has 6 heteroatoms. The average Bonchev–Trinajstić information content (AvgIpc) is 2.38. The Morgan fingerprint density at radius 3 is 3.06 bits per heavy atom. The monoisotopic (exact) mass is 250 g/mol. The molecule has 0 aromatic carbocycles. The van der Waals surface area contributed by atoms with Crippen molar-refractivity contribution in [1.29, 1.82) is 0 Å². The highest BCUT2D eigenvalue weighted by Crippen LogP contribution is 2.11. The molecule has 0 bridgehead atoms. The Bertz CT molecular complexity index is 381. The highest BCUT2D eigenvalue weighted by molar-refractivity contribution is 5.47. The fourth-order valence-corrected chi connectivity index (χ4v) is 2.00. The number of anilines is 2. The summed E-state index contributed by atoms with van der Waals surface area (Å²) in [6.07, 6.45) is 1.60. The predicted molar refractivity (Wildman–Crippen MR) is 74.1 cm³/mol. The summed E-state index contributed by atoms with van der Waals surface area (Å²) in [6, 6.07) is 2.48. The van der Waals surface area contributed by atoms with E-state index in [-0.39, 0.29) is 0 Å². The van der Waals surface area contributed by atoms with Crippen LogP contribution in [0, 0.1) is 0 Å². The van der Waals surface area contributed by atoms with Gasteiger partial charge in [0.05, 0.1) is 0 Å². The molecule has 1 aromatic heterocycles. The number of nitrogens with one attached hydrogen (secondary N) is 2. The van der Waals surface area contributed by atoms with Crippen LogP contribution >= 0.6 is 0 Å². The Kier molecular flexibility index (Phi) is 4.33. The van der Waals surface area contributed by atoms with Crippen LogP contribution in [-0.2, 0) is 0 Å². The minimum Gasteiger partial charge on any atom is -0.368 e. The maximum Gasteiger partial charge on any atom is 0.133 e. The molecule has 1 fully saturated rings. The third-order valence-corrected chi connectivity index (χ3v) is 3.27. The average molecular weight is 250 g/mol. The normalized spacial score (nSPS) is 20.7. The minimum absolute atomic E-state index is 0.511. The van der Waals surface area contributed by atoms with Crippen LogP contribution in [0.3, 0.4) is 0 Å². The van der Waals surface area contributed by atoms with Crippen molar-refractivity contribution in [3.05, 3.63) is 12.4 Å². The second-order valence-corrected chi connectivity index (χ2v) is 4.88. The van der Waals surface area contributed by atoms with Crippen molar-refractivity contribution in [2.24, 2.45) is 0 Å². The molecule has 0 spiro atoms. The SMILES string of the molecule is CN(C)c1cc(NCC2CNCCN2C)ncn1. The molecule has 0 radical (unpaired) electrons. The van der Waals surface area contributed by atoms with Crippen molar-refractivity contribution >= 4 is 11.6 Å². The third kappa shape index (κ3) is 3.30. The first kappa shape index (κ1) is 13.0. The maximum atomic E-state index is 4.24. The molecule has 1 atom stereocenters. The number of likely N-dealkylation sites (N-methyl/N-ethyl adjacent to an activating group) is 1. The quantitative estimate of drug-likeness (QED) is 0.775. The molecule has 6 nitrogen and oxygen atoms in total. The highest BCUT2D eigenvalue weighted by Gasteiger charge is 2.18. The predicted octanol–water partition coefficient (Wildman–Crippen LogP) is -0.142. The molecule has 2 heterocycles. The Morgan fingerprint density at radius 2 is 2.33 bits per heavy atom. The fourth-order valence-electron chi connectivity index (χ4n) is 2.00. The molecule has 0 amide bonds. The van der Waals surface area contributed by atoms with Crippen LogP contribution in [0.4, 0.5) is 11.6 Å². The summed E-state index contributed by atoms with van der Waals surface area (Å²) in [5.41, 5.74) is 0. The van der Waals surface area contributed by atoms with Crippen LogP contribution < -0.4 is 15.5 Å². The molecule has 1 aromatic rings. The van der Waals surface area contributed by atoms with Crippen molar-refractivity contribution < 1.29 is 0 Å². The summed E-state index contributed by atoms with van der Waals surface area (Å²) >= 11 is 0. The number of rotatable bonds is 4. The number of nitrogens with zero attached hydrogens (tertiary/aromatic N) is 4. The van der Waals surface area contributed by atoms with Gasteiger partial charge in [-0.25, -0.2) is 9.97 Å². The van der Waals surface area contributed by atoms with Gasteiger partial charge in [0.2, 0.25) is 0 Å². The van der Waals surface area contributed by atoms with Crippen LogP contribution in [0.15, 0.2) is 12.4 Å². The number of aromatic nitrogens is 2. The van der Waals surface area contributed by atoms with Crippen molar-refractivity contribution in [3.63, 3.8) is 0 Å². The molecule has 18 heavy (non-hydrogen) atoms.